The fourth-order valence-electron chi connectivity index (χ4n) is 7.32. The van der Waals surface area contributed by atoms with Gasteiger partial charge >= 0.3 is 18.0 Å². The summed E-state index contributed by atoms with van der Waals surface area (Å²) in [5, 5.41) is 24.6. The number of likely N-dealkylation sites (tertiary alicyclic amines) is 1. The predicted octanol–water partition coefficient (Wildman–Crippen LogP) is 5.26. The average Bonchev–Trinajstić information content (AvgIpc) is 3.90. The van der Waals surface area contributed by atoms with E-state index in [1.165, 1.54) is 26.2 Å². The number of aliphatic hydroxyl groups is 2. The SMILES string of the molecule is CCC(OC)C(C)C1OC1C(OC(=O)NCCCN1CCCCC1)C(C)/C=C/C=C(\C)C1OC(=O)CC(O)CCC(C)(O)C(OC(C)=O)/C=C/C1C. The van der Waals surface area contributed by atoms with Crippen LogP contribution in [0.2, 0.25) is 0 Å². The molecule has 3 rings (SSSR count). The van der Waals surface area contributed by atoms with Crippen molar-refractivity contribution in [1.29, 1.82) is 0 Å². The smallest absolute Gasteiger partial charge is 0.407 e. The van der Waals surface area contributed by atoms with E-state index < -0.39 is 48.0 Å². The Balaban J connectivity index is 1.75. The van der Waals surface area contributed by atoms with E-state index in [9.17, 15) is 24.6 Å². The number of piperidine rings is 1. The largest absolute Gasteiger partial charge is 0.457 e. The van der Waals surface area contributed by atoms with Crippen LogP contribution in [0.4, 0.5) is 4.79 Å². The molecule has 52 heavy (non-hydrogen) atoms. The first-order chi connectivity index (χ1) is 24.7. The lowest BCUT2D eigenvalue weighted by Crippen LogP contribution is -2.42. The zero-order chi connectivity index (χ0) is 38.4. The average molecular weight is 735 g/mol. The first-order valence-corrected chi connectivity index (χ1v) is 19.3. The van der Waals surface area contributed by atoms with Crippen molar-refractivity contribution in [1.82, 2.24) is 10.2 Å². The van der Waals surface area contributed by atoms with E-state index in [1.807, 2.05) is 39.0 Å². The van der Waals surface area contributed by atoms with Gasteiger partial charge in [-0.25, -0.2) is 4.79 Å². The molecule has 0 radical (unpaired) electrons. The number of alkyl carbamates (subject to hydrolysis) is 1. The van der Waals surface area contributed by atoms with Crippen molar-refractivity contribution in [2.24, 2.45) is 17.8 Å². The summed E-state index contributed by atoms with van der Waals surface area (Å²) in [5.41, 5.74) is -0.711. The van der Waals surface area contributed by atoms with Crippen molar-refractivity contribution < 1.29 is 48.3 Å². The number of hydrogen-bond acceptors (Lipinski definition) is 11. The van der Waals surface area contributed by atoms with Gasteiger partial charge in [0.15, 0.2) is 0 Å². The maximum absolute atomic E-state index is 13.0. The van der Waals surface area contributed by atoms with Crippen LogP contribution < -0.4 is 5.32 Å². The molecular formula is C40H66N2O10. The van der Waals surface area contributed by atoms with Gasteiger partial charge in [-0.1, -0.05) is 58.4 Å². The van der Waals surface area contributed by atoms with Gasteiger partial charge in [0.2, 0.25) is 0 Å². The standard InChI is InChI=1S/C40H66N2O10/c1-9-32(48-8)29(5)37-38(51-37)36(52-39(46)41-21-14-24-42-22-11-10-12-23-42)27(3)16-13-15-26(2)35-28(4)17-18-33(49-30(6)43)40(7,47)20-19-31(44)25-34(45)50-35/h13,15-18,27-29,31-33,35-38,44,47H,9-12,14,19-25H2,1-8H3,(H,41,46)/b16-13+,18-17+,26-15+. The lowest BCUT2D eigenvalue weighted by molar-refractivity contribution is -0.157. The molecule has 296 valence electrons. The van der Waals surface area contributed by atoms with Crippen molar-refractivity contribution in [3.05, 3.63) is 36.0 Å². The van der Waals surface area contributed by atoms with Gasteiger partial charge in [0.05, 0.1) is 24.7 Å². The minimum Gasteiger partial charge on any atom is -0.457 e. The first-order valence-electron chi connectivity index (χ1n) is 19.3. The molecular weight excluding hydrogens is 668 g/mol. The van der Waals surface area contributed by atoms with Crippen LogP contribution in [0.25, 0.3) is 0 Å². The van der Waals surface area contributed by atoms with Crippen LogP contribution in [0.1, 0.15) is 99.8 Å². The number of aliphatic hydroxyl groups excluding tert-OH is 1. The van der Waals surface area contributed by atoms with Gasteiger partial charge in [-0.05, 0) is 83.7 Å². The fraction of sp³-hybridized carbons (Fsp3) is 0.775. The maximum Gasteiger partial charge on any atom is 0.407 e. The number of esters is 2. The highest BCUT2D eigenvalue weighted by Gasteiger charge is 2.52. The Morgan fingerprint density at radius 2 is 1.87 bits per heavy atom. The van der Waals surface area contributed by atoms with Crippen LogP contribution >= 0.6 is 0 Å². The van der Waals surface area contributed by atoms with E-state index in [2.05, 4.69) is 24.1 Å². The Kier molecular flexibility index (Phi) is 17.8. The van der Waals surface area contributed by atoms with Crippen LogP contribution in [0.5, 0.6) is 0 Å². The van der Waals surface area contributed by atoms with Crippen molar-refractivity contribution in [3.8, 4) is 0 Å². The molecule has 3 N–H and O–H groups in total. The van der Waals surface area contributed by atoms with Crippen LogP contribution in [0.3, 0.4) is 0 Å². The van der Waals surface area contributed by atoms with Crippen LogP contribution in [0.15, 0.2) is 36.0 Å². The highest BCUT2D eigenvalue weighted by atomic mass is 16.6. The molecule has 0 saturated carbocycles. The van der Waals surface area contributed by atoms with Gasteiger partial charge in [-0.2, -0.15) is 0 Å². The Morgan fingerprint density at radius 1 is 1.15 bits per heavy atom. The number of ether oxygens (including phenoxy) is 5. The number of rotatable bonds is 15. The Hall–Kier alpha value is -2.77. The Morgan fingerprint density at radius 3 is 2.52 bits per heavy atom. The highest BCUT2D eigenvalue weighted by molar-refractivity contribution is 5.70. The minimum atomic E-state index is -1.45. The number of amides is 1. The number of methoxy groups -OCH3 is 1. The van der Waals surface area contributed by atoms with E-state index in [4.69, 9.17) is 23.7 Å². The summed E-state index contributed by atoms with van der Waals surface area (Å²) in [7, 11) is 1.70. The summed E-state index contributed by atoms with van der Waals surface area (Å²) in [6.45, 7) is 16.4. The zero-order valence-electron chi connectivity index (χ0n) is 32.8. The summed E-state index contributed by atoms with van der Waals surface area (Å²) in [4.78, 5) is 40.2. The molecule has 0 aliphatic carbocycles. The second-order valence-electron chi connectivity index (χ2n) is 15.3. The second-order valence-corrected chi connectivity index (χ2v) is 15.3. The fourth-order valence-corrected chi connectivity index (χ4v) is 7.32. The number of carbonyl (C=O) groups is 3. The zero-order valence-corrected chi connectivity index (χ0v) is 32.8. The highest BCUT2D eigenvalue weighted by Crippen LogP contribution is 2.39. The third-order valence-electron chi connectivity index (χ3n) is 10.7. The third kappa shape index (κ3) is 13.9. The maximum atomic E-state index is 13.0. The van der Waals surface area contributed by atoms with E-state index in [0.29, 0.717) is 6.54 Å². The normalized spacial score (nSPS) is 32.3. The summed E-state index contributed by atoms with van der Waals surface area (Å²) < 4.78 is 29.2. The van der Waals surface area contributed by atoms with Crippen molar-refractivity contribution >= 4 is 18.0 Å². The Bertz CT molecular complexity index is 1220. The molecule has 3 aliphatic heterocycles. The molecule has 0 aromatic carbocycles. The van der Waals surface area contributed by atoms with Crippen LogP contribution in [0, 0.1) is 17.8 Å². The van der Waals surface area contributed by atoms with Gasteiger partial charge in [-0.15, -0.1) is 0 Å². The molecule has 0 aromatic heterocycles. The van der Waals surface area contributed by atoms with E-state index >= 15 is 0 Å². The first kappa shape index (κ1) is 43.6. The second kappa shape index (κ2) is 21.2. The topological polar surface area (TPSA) is 156 Å². The molecule has 12 nitrogen and oxygen atoms in total. The number of nitrogens with one attached hydrogen (secondary N) is 1. The van der Waals surface area contributed by atoms with Crippen LogP contribution in [-0.4, -0.2) is 115 Å². The number of hydrogen-bond donors (Lipinski definition) is 3. The van der Waals surface area contributed by atoms with E-state index in [1.54, 1.807) is 26.2 Å². The molecule has 1 amide bonds. The number of epoxide rings is 1. The third-order valence-corrected chi connectivity index (χ3v) is 10.7. The summed E-state index contributed by atoms with van der Waals surface area (Å²) in [5.74, 6) is -1.55. The van der Waals surface area contributed by atoms with Gasteiger partial charge in [-0.3, -0.25) is 9.59 Å². The van der Waals surface area contributed by atoms with Crippen molar-refractivity contribution in [2.45, 2.75) is 148 Å². The summed E-state index contributed by atoms with van der Waals surface area (Å²) in [6, 6.07) is 0. The lowest BCUT2D eigenvalue weighted by Gasteiger charge is -2.32. The lowest BCUT2D eigenvalue weighted by atomic mass is 9.88. The predicted molar refractivity (Wildman–Crippen MR) is 198 cm³/mol. The van der Waals surface area contributed by atoms with Crippen molar-refractivity contribution in [2.75, 3.05) is 33.3 Å². The summed E-state index contributed by atoms with van der Waals surface area (Å²) in [6.07, 6.45) is 10.5. The molecule has 0 spiro atoms. The summed E-state index contributed by atoms with van der Waals surface area (Å²) >= 11 is 0. The molecule has 0 aromatic rings. The molecule has 2 saturated heterocycles. The number of allylic oxidation sites excluding steroid dienone is 2. The molecule has 12 heteroatoms. The van der Waals surface area contributed by atoms with Crippen LogP contribution in [-0.2, 0) is 33.3 Å². The molecule has 11 atom stereocenters. The number of carbonyl (C=O) groups excluding carboxylic acids is 3. The quantitative estimate of drug-likeness (QED) is 0.0504. The molecule has 2 fully saturated rings. The monoisotopic (exact) mass is 734 g/mol. The van der Waals surface area contributed by atoms with Crippen molar-refractivity contribution in [3.63, 3.8) is 0 Å². The molecule has 0 bridgehead atoms. The van der Waals surface area contributed by atoms with Gasteiger partial charge in [0.1, 0.15) is 30.0 Å². The van der Waals surface area contributed by atoms with Gasteiger partial charge in [0, 0.05) is 38.3 Å². The Labute approximate surface area is 311 Å². The molecule has 3 aliphatic rings. The number of nitrogens with zero attached hydrogens (tertiary/aromatic N) is 1. The molecule has 3 heterocycles. The van der Waals surface area contributed by atoms with Gasteiger partial charge in [0.25, 0.3) is 0 Å². The van der Waals surface area contributed by atoms with E-state index in [-0.39, 0.29) is 55.3 Å². The van der Waals surface area contributed by atoms with E-state index in [0.717, 1.165) is 38.0 Å². The molecule has 11 unspecified atom stereocenters. The minimum absolute atomic E-state index is 0.0249. The van der Waals surface area contributed by atoms with Gasteiger partial charge < -0.3 is 44.1 Å². The number of cyclic esters (lactones) is 1.